The Morgan fingerprint density at radius 3 is 2.44 bits per heavy atom. The lowest BCUT2D eigenvalue weighted by molar-refractivity contribution is 0.150. The minimum absolute atomic E-state index is 0.00975. The van der Waals surface area contributed by atoms with Crippen LogP contribution in [-0.4, -0.2) is 64.6 Å². The summed E-state index contributed by atoms with van der Waals surface area (Å²) in [5.74, 6) is 2.73. The Bertz CT molecular complexity index is 1350. The van der Waals surface area contributed by atoms with Gasteiger partial charge in [-0.15, -0.1) is 0 Å². The summed E-state index contributed by atoms with van der Waals surface area (Å²) < 4.78 is 33.6. The molecule has 1 unspecified atom stereocenters. The second-order valence-electron chi connectivity index (χ2n) is 11.4. The number of hydrogen-bond acceptors (Lipinski definition) is 9. The number of ether oxygens (including phenoxy) is 1. The van der Waals surface area contributed by atoms with E-state index in [1.54, 1.807) is 33.3 Å². The fourth-order valence-corrected chi connectivity index (χ4v) is 6.22. The van der Waals surface area contributed by atoms with Crippen LogP contribution in [0.25, 0.3) is 0 Å². The lowest BCUT2D eigenvalue weighted by atomic mass is 9.78. The molecule has 214 valence electrons. The van der Waals surface area contributed by atoms with Gasteiger partial charge in [0.25, 0.3) is 0 Å². The highest BCUT2D eigenvalue weighted by Gasteiger charge is 2.30. The summed E-state index contributed by atoms with van der Waals surface area (Å²) in [6, 6.07) is 0. The van der Waals surface area contributed by atoms with E-state index < -0.39 is 15.1 Å². The van der Waals surface area contributed by atoms with E-state index in [4.69, 9.17) is 9.72 Å². The average molecular weight is 558 g/mol. The summed E-state index contributed by atoms with van der Waals surface area (Å²) in [4.78, 5) is 11.6. The molecule has 1 saturated heterocycles. The minimum atomic E-state index is -3.58. The Kier molecular flexibility index (Phi) is 8.70. The van der Waals surface area contributed by atoms with Gasteiger partial charge in [0.1, 0.15) is 11.6 Å². The van der Waals surface area contributed by atoms with Crippen LogP contribution in [0.5, 0.6) is 0 Å². The third-order valence-corrected chi connectivity index (χ3v) is 9.48. The smallest absolute Gasteiger partial charge is 0.229 e. The van der Waals surface area contributed by atoms with Gasteiger partial charge in [0.05, 0.1) is 22.7 Å². The summed E-state index contributed by atoms with van der Waals surface area (Å²) >= 11 is 0. The van der Waals surface area contributed by atoms with E-state index in [1.807, 2.05) is 20.8 Å². The van der Waals surface area contributed by atoms with Gasteiger partial charge in [0, 0.05) is 25.0 Å². The number of aryl methyl sites for hydroxylation is 2. The van der Waals surface area contributed by atoms with Gasteiger partial charge in [-0.2, -0.15) is 10.1 Å². The number of nitrogens with one attached hydrogen (secondary N) is 2. The normalized spacial score (nSPS) is 19.5. The summed E-state index contributed by atoms with van der Waals surface area (Å²) in [7, 11) is 0.305. The summed E-state index contributed by atoms with van der Waals surface area (Å²) in [6.07, 6.45) is 8.79. The molecule has 1 atom stereocenters. The molecule has 0 spiro atoms. The predicted octanol–water partition coefficient (Wildman–Crippen LogP) is 4.80. The minimum Gasteiger partial charge on any atom is -0.489 e. The van der Waals surface area contributed by atoms with Crippen molar-refractivity contribution < 1.29 is 13.2 Å². The molecule has 4 rings (SSSR count). The van der Waals surface area contributed by atoms with E-state index in [-0.39, 0.29) is 11.1 Å². The van der Waals surface area contributed by atoms with Crippen LogP contribution >= 0.6 is 0 Å². The molecule has 2 N–H and O–H groups in total. The molecule has 0 saturated carbocycles. The standard InChI is InChI=1S/C28H43N7O3S/c1-17(2)38-25-14-22(21-9-11-34(7)12-10-21)19(5)13-23(25)31-28-29-15-20(6)26(32-28)30-24-16-35(8)33-27(24)39(36,37)18(3)4/h14-19,21H,9-13H2,1-8H3,(H2,29,30,31,32). The van der Waals surface area contributed by atoms with Crippen molar-refractivity contribution in [1.29, 1.82) is 0 Å². The third-order valence-electron chi connectivity index (χ3n) is 7.40. The van der Waals surface area contributed by atoms with Crippen molar-refractivity contribution in [3.05, 3.63) is 41.1 Å². The van der Waals surface area contributed by atoms with Crippen molar-refractivity contribution in [3.8, 4) is 0 Å². The van der Waals surface area contributed by atoms with E-state index in [0.717, 1.165) is 36.5 Å². The van der Waals surface area contributed by atoms with Crippen LogP contribution in [0.2, 0.25) is 0 Å². The number of sulfone groups is 1. The average Bonchev–Trinajstić information content (AvgIpc) is 3.23. The van der Waals surface area contributed by atoms with E-state index >= 15 is 0 Å². The van der Waals surface area contributed by atoms with Gasteiger partial charge in [-0.3, -0.25) is 4.68 Å². The number of likely N-dealkylation sites (tertiary alicyclic amines) is 1. The van der Waals surface area contributed by atoms with Crippen molar-refractivity contribution >= 4 is 27.3 Å². The van der Waals surface area contributed by atoms with Crippen LogP contribution < -0.4 is 10.6 Å². The first kappa shape index (κ1) is 29.1. The Morgan fingerprint density at radius 1 is 1.10 bits per heavy atom. The Labute approximate surface area is 232 Å². The molecule has 2 aliphatic rings. The maximum atomic E-state index is 12.9. The van der Waals surface area contributed by atoms with Crippen molar-refractivity contribution in [1.82, 2.24) is 24.6 Å². The van der Waals surface area contributed by atoms with Gasteiger partial charge in [-0.1, -0.05) is 12.5 Å². The second-order valence-corrected chi connectivity index (χ2v) is 13.8. The van der Waals surface area contributed by atoms with E-state index in [1.165, 1.54) is 23.1 Å². The summed E-state index contributed by atoms with van der Waals surface area (Å²) in [6.45, 7) is 13.8. The molecular formula is C28H43N7O3S. The van der Waals surface area contributed by atoms with Crippen molar-refractivity contribution in [2.75, 3.05) is 30.8 Å². The fraction of sp³-hybridized carbons (Fsp3) is 0.607. The molecule has 2 aromatic heterocycles. The molecule has 0 aromatic carbocycles. The maximum absolute atomic E-state index is 12.9. The van der Waals surface area contributed by atoms with Crippen molar-refractivity contribution in [2.45, 2.75) is 77.2 Å². The highest BCUT2D eigenvalue weighted by molar-refractivity contribution is 7.92. The van der Waals surface area contributed by atoms with Gasteiger partial charge in [-0.25, -0.2) is 13.4 Å². The topological polar surface area (TPSA) is 114 Å². The molecule has 11 heteroatoms. The van der Waals surface area contributed by atoms with Crippen LogP contribution in [0.15, 0.2) is 40.5 Å². The van der Waals surface area contributed by atoms with Crippen LogP contribution in [0, 0.1) is 18.8 Å². The molecule has 3 heterocycles. The van der Waals surface area contributed by atoms with Gasteiger partial charge in [-0.05, 0) is 91.9 Å². The van der Waals surface area contributed by atoms with Gasteiger partial charge < -0.3 is 20.3 Å². The zero-order valence-corrected chi connectivity index (χ0v) is 25.3. The van der Waals surface area contributed by atoms with Crippen LogP contribution in [0.4, 0.5) is 17.5 Å². The molecule has 1 aliphatic heterocycles. The third kappa shape index (κ3) is 6.63. The van der Waals surface area contributed by atoms with Crippen LogP contribution in [-0.2, 0) is 21.6 Å². The number of allylic oxidation sites excluding steroid dienone is 3. The molecule has 10 nitrogen and oxygen atoms in total. The maximum Gasteiger partial charge on any atom is 0.229 e. The quantitative estimate of drug-likeness (QED) is 0.449. The first-order chi connectivity index (χ1) is 18.3. The zero-order chi connectivity index (χ0) is 28.5. The second kappa shape index (κ2) is 11.7. The molecule has 39 heavy (non-hydrogen) atoms. The van der Waals surface area contributed by atoms with E-state index in [0.29, 0.717) is 29.3 Å². The van der Waals surface area contributed by atoms with Crippen LogP contribution in [0.3, 0.4) is 0 Å². The fourth-order valence-electron chi connectivity index (χ4n) is 5.12. The number of aromatic nitrogens is 4. The largest absolute Gasteiger partial charge is 0.489 e. The first-order valence-corrected chi connectivity index (χ1v) is 15.3. The molecule has 0 amide bonds. The first-order valence-electron chi connectivity index (χ1n) is 13.8. The predicted molar refractivity (Wildman–Crippen MR) is 155 cm³/mol. The summed E-state index contributed by atoms with van der Waals surface area (Å²) in [5.41, 5.74) is 3.59. The number of hydrogen-bond donors (Lipinski definition) is 2. The molecular weight excluding hydrogens is 514 g/mol. The van der Waals surface area contributed by atoms with Crippen LogP contribution in [0.1, 0.15) is 59.4 Å². The monoisotopic (exact) mass is 557 g/mol. The Hall–Kier alpha value is -2.92. The number of piperidine rings is 1. The van der Waals surface area contributed by atoms with E-state index in [9.17, 15) is 8.42 Å². The molecule has 0 radical (unpaired) electrons. The number of rotatable bonds is 9. The number of anilines is 3. The molecule has 1 fully saturated rings. The lowest BCUT2D eigenvalue weighted by Gasteiger charge is -2.35. The highest BCUT2D eigenvalue weighted by Crippen LogP contribution is 2.38. The highest BCUT2D eigenvalue weighted by atomic mass is 32.2. The van der Waals surface area contributed by atoms with Gasteiger partial charge in [0.15, 0.2) is 0 Å². The Morgan fingerprint density at radius 2 is 1.79 bits per heavy atom. The molecule has 0 bridgehead atoms. The zero-order valence-electron chi connectivity index (χ0n) is 24.4. The van der Waals surface area contributed by atoms with Gasteiger partial charge >= 0.3 is 0 Å². The van der Waals surface area contributed by atoms with E-state index in [2.05, 4.69) is 45.7 Å². The van der Waals surface area contributed by atoms with Crippen molar-refractivity contribution in [3.63, 3.8) is 0 Å². The molecule has 1 aliphatic carbocycles. The summed E-state index contributed by atoms with van der Waals surface area (Å²) in [5, 5.41) is 10.2. The SMILES string of the molecule is Cc1cnc(NC2=C(OC(C)C)C=C(C3CCN(C)CC3)C(C)C2)nc1Nc1cn(C)nc1S(=O)(=O)C(C)C. The number of nitrogens with zero attached hydrogens (tertiary/aromatic N) is 5. The van der Waals surface area contributed by atoms with Gasteiger partial charge in [0.2, 0.25) is 20.8 Å². The molecule has 2 aromatic rings. The Balaban J connectivity index is 1.63. The van der Waals surface area contributed by atoms with Crippen molar-refractivity contribution in [2.24, 2.45) is 18.9 Å². The lowest BCUT2D eigenvalue weighted by Crippen LogP contribution is -2.33.